The molecule has 1 aliphatic carbocycles. The number of aliphatic hydroxyl groups is 1. The molecule has 2 nitrogen and oxygen atoms in total. The van der Waals surface area contributed by atoms with Gasteiger partial charge in [0.15, 0.2) is 0 Å². The molecule has 1 heterocycles. The second kappa shape index (κ2) is 5.05. The first-order valence-electron chi connectivity index (χ1n) is 7.04. The van der Waals surface area contributed by atoms with Crippen LogP contribution in [0.5, 0.6) is 0 Å². The summed E-state index contributed by atoms with van der Waals surface area (Å²) >= 11 is 0. The fraction of sp³-hybridized carbons (Fsp3) is 1.00. The molecule has 16 heavy (non-hydrogen) atoms. The van der Waals surface area contributed by atoms with Gasteiger partial charge in [-0.05, 0) is 19.8 Å². The topological polar surface area (TPSA) is 32.8 Å². The van der Waals surface area contributed by atoms with Gasteiger partial charge in [0.1, 0.15) is 5.60 Å². The van der Waals surface area contributed by atoms with E-state index in [9.17, 15) is 5.11 Å². The Labute approximate surface area is 99.4 Å². The maximum atomic E-state index is 9.54. The minimum Gasteiger partial charge on any atom is -0.393 e. The molecule has 94 valence electrons. The van der Waals surface area contributed by atoms with Crippen molar-refractivity contribution in [1.82, 2.24) is 0 Å². The van der Waals surface area contributed by atoms with E-state index in [1.165, 1.54) is 51.4 Å². The van der Waals surface area contributed by atoms with Crippen LogP contribution in [0.4, 0.5) is 0 Å². The molecule has 2 heteroatoms. The van der Waals surface area contributed by atoms with E-state index in [1.807, 2.05) is 0 Å². The number of ether oxygens (including phenoxy) is 1. The summed E-state index contributed by atoms with van der Waals surface area (Å²) < 4.78 is 5.90. The van der Waals surface area contributed by atoms with Gasteiger partial charge >= 0.3 is 0 Å². The Bertz CT molecular complexity index is 229. The Hall–Kier alpha value is -0.0800. The van der Waals surface area contributed by atoms with Gasteiger partial charge in [0.2, 0.25) is 0 Å². The monoisotopic (exact) mass is 226 g/mol. The number of hydrogen-bond donors (Lipinski definition) is 1. The van der Waals surface area contributed by atoms with Crippen molar-refractivity contribution in [3.8, 4) is 0 Å². The highest BCUT2D eigenvalue weighted by molar-refractivity contribution is 5.12. The largest absolute Gasteiger partial charge is 0.393 e. The SMILES string of the molecule is C[C@]12CCCCCCCCCC[C@@]1(CO)O2. The summed E-state index contributed by atoms with van der Waals surface area (Å²) in [7, 11) is 0. The van der Waals surface area contributed by atoms with Crippen molar-refractivity contribution in [2.75, 3.05) is 6.61 Å². The standard InChI is InChI=1S/C14H26O2/c1-13-10-8-6-4-2-3-5-7-9-11-14(13,12-15)16-13/h15H,2-12H2,1H3/t13-,14-/m0/s1. The van der Waals surface area contributed by atoms with Crippen molar-refractivity contribution in [2.45, 2.75) is 82.3 Å². The average Bonchev–Trinajstić information content (AvgIpc) is 2.85. The van der Waals surface area contributed by atoms with Crippen LogP contribution in [0.25, 0.3) is 0 Å². The van der Waals surface area contributed by atoms with E-state index in [1.54, 1.807) is 0 Å². The highest BCUT2D eigenvalue weighted by atomic mass is 16.6. The minimum absolute atomic E-state index is 0.0129. The van der Waals surface area contributed by atoms with Crippen LogP contribution in [0.1, 0.15) is 71.1 Å². The molecule has 0 aromatic carbocycles. The van der Waals surface area contributed by atoms with E-state index in [4.69, 9.17) is 4.74 Å². The fourth-order valence-corrected chi connectivity index (χ4v) is 3.21. The zero-order chi connectivity index (χ0) is 11.5. The molecule has 2 aliphatic rings. The molecule has 2 atom stereocenters. The maximum absolute atomic E-state index is 9.54. The van der Waals surface area contributed by atoms with Gasteiger partial charge < -0.3 is 9.84 Å². The Morgan fingerprint density at radius 3 is 1.94 bits per heavy atom. The lowest BCUT2D eigenvalue weighted by atomic mass is 9.85. The van der Waals surface area contributed by atoms with Crippen molar-refractivity contribution in [1.29, 1.82) is 0 Å². The third-order valence-electron chi connectivity index (χ3n) is 4.58. The highest BCUT2D eigenvalue weighted by Gasteiger charge is 2.64. The van der Waals surface area contributed by atoms with Gasteiger partial charge in [-0.1, -0.05) is 51.4 Å². The van der Waals surface area contributed by atoms with Crippen molar-refractivity contribution >= 4 is 0 Å². The summed E-state index contributed by atoms with van der Waals surface area (Å²) in [5.41, 5.74) is -0.187. The van der Waals surface area contributed by atoms with Crippen LogP contribution in [-0.2, 0) is 4.74 Å². The first kappa shape index (κ1) is 12.4. The first-order valence-corrected chi connectivity index (χ1v) is 7.04. The molecule has 0 spiro atoms. The average molecular weight is 226 g/mol. The summed E-state index contributed by atoms with van der Waals surface area (Å²) in [6.45, 7) is 2.40. The summed E-state index contributed by atoms with van der Waals surface area (Å²) in [5, 5.41) is 9.54. The second-order valence-corrected chi connectivity index (χ2v) is 5.81. The van der Waals surface area contributed by atoms with E-state index in [0.29, 0.717) is 0 Å². The van der Waals surface area contributed by atoms with Gasteiger partial charge in [-0.2, -0.15) is 0 Å². The van der Waals surface area contributed by atoms with Crippen molar-refractivity contribution < 1.29 is 9.84 Å². The lowest BCUT2D eigenvalue weighted by Crippen LogP contribution is -2.27. The lowest BCUT2D eigenvalue weighted by Gasteiger charge is -2.16. The summed E-state index contributed by atoms with van der Waals surface area (Å²) in [4.78, 5) is 0. The Morgan fingerprint density at radius 1 is 0.875 bits per heavy atom. The van der Waals surface area contributed by atoms with Gasteiger partial charge in [0.25, 0.3) is 0 Å². The fourth-order valence-electron chi connectivity index (χ4n) is 3.21. The molecule has 0 aromatic heterocycles. The van der Waals surface area contributed by atoms with E-state index >= 15 is 0 Å². The lowest BCUT2D eigenvalue weighted by molar-refractivity contribution is 0.160. The van der Waals surface area contributed by atoms with E-state index < -0.39 is 0 Å². The third-order valence-corrected chi connectivity index (χ3v) is 4.58. The minimum atomic E-state index is -0.174. The second-order valence-electron chi connectivity index (χ2n) is 5.81. The van der Waals surface area contributed by atoms with Crippen molar-refractivity contribution in [3.63, 3.8) is 0 Å². The predicted octanol–water partition coefficient (Wildman–Crippen LogP) is 3.42. The molecule has 1 N–H and O–H groups in total. The molecular weight excluding hydrogens is 200 g/mol. The molecule has 2 rings (SSSR count). The van der Waals surface area contributed by atoms with Crippen molar-refractivity contribution in [3.05, 3.63) is 0 Å². The molecule has 0 bridgehead atoms. The summed E-state index contributed by atoms with van der Waals surface area (Å²) in [5.74, 6) is 0. The molecule has 1 aliphatic heterocycles. The molecule has 1 saturated heterocycles. The zero-order valence-electron chi connectivity index (χ0n) is 10.6. The van der Waals surface area contributed by atoms with Crippen LogP contribution >= 0.6 is 0 Å². The molecule has 0 radical (unpaired) electrons. The molecule has 2 fully saturated rings. The molecule has 0 aromatic rings. The smallest absolute Gasteiger partial charge is 0.121 e. The van der Waals surface area contributed by atoms with Gasteiger partial charge in [-0.15, -0.1) is 0 Å². The van der Waals surface area contributed by atoms with Gasteiger partial charge in [0, 0.05) is 0 Å². The van der Waals surface area contributed by atoms with Crippen LogP contribution < -0.4 is 0 Å². The Morgan fingerprint density at radius 2 is 1.38 bits per heavy atom. The van der Waals surface area contributed by atoms with E-state index in [0.717, 1.165) is 12.8 Å². The summed E-state index contributed by atoms with van der Waals surface area (Å²) in [6.07, 6.45) is 12.8. The van der Waals surface area contributed by atoms with Gasteiger partial charge in [-0.3, -0.25) is 0 Å². The van der Waals surface area contributed by atoms with E-state index in [2.05, 4.69) is 6.92 Å². The third kappa shape index (κ3) is 2.43. The highest BCUT2D eigenvalue weighted by Crippen LogP contribution is 2.54. The number of hydrogen-bond acceptors (Lipinski definition) is 2. The van der Waals surface area contributed by atoms with Crippen LogP contribution in [0.3, 0.4) is 0 Å². The van der Waals surface area contributed by atoms with Crippen LogP contribution in [0.2, 0.25) is 0 Å². The van der Waals surface area contributed by atoms with E-state index in [-0.39, 0.29) is 17.8 Å². The molecular formula is C14H26O2. The molecule has 0 unspecified atom stereocenters. The normalized spacial score (nSPS) is 41.6. The maximum Gasteiger partial charge on any atom is 0.121 e. The van der Waals surface area contributed by atoms with Crippen LogP contribution in [-0.4, -0.2) is 22.9 Å². The zero-order valence-corrected chi connectivity index (χ0v) is 10.6. The number of fused-ring (bicyclic) bond motifs is 1. The van der Waals surface area contributed by atoms with Gasteiger partial charge in [-0.25, -0.2) is 0 Å². The van der Waals surface area contributed by atoms with Crippen LogP contribution in [0, 0.1) is 0 Å². The predicted molar refractivity (Wildman–Crippen MR) is 65.5 cm³/mol. The Balaban J connectivity index is 1.89. The first-order chi connectivity index (χ1) is 7.72. The molecule has 0 amide bonds. The van der Waals surface area contributed by atoms with Crippen molar-refractivity contribution in [2.24, 2.45) is 0 Å². The summed E-state index contributed by atoms with van der Waals surface area (Å²) in [6, 6.07) is 0. The number of rotatable bonds is 1. The number of aliphatic hydroxyl groups excluding tert-OH is 1. The molecule has 1 saturated carbocycles. The quantitative estimate of drug-likeness (QED) is 0.695. The van der Waals surface area contributed by atoms with Crippen LogP contribution in [0.15, 0.2) is 0 Å². The Kier molecular flexibility index (Phi) is 3.91. The number of epoxide rings is 1. The van der Waals surface area contributed by atoms with Gasteiger partial charge in [0.05, 0.1) is 12.2 Å².